The zero-order valence-corrected chi connectivity index (χ0v) is 29.7. The van der Waals surface area contributed by atoms with E-state index in [1.807, 2.05) is 0 Å². The van der Waals surface area contributed by atoms with E-state index in [-0.39, 0.29) is 35.3 Å². The number of ether oxygens (including phenoxy) is 2. The van der Waals surface area contributed by atoms with Gasteiger partial charge in [0.2, 0.25) is 0 Å². The van der Waals surface area contributed by atoms with Gasteiger partial charge in [0.05, 0.1) is 11.8 Å². The maximum atomic E-state index is 12.8. The first-order valence-electron chi connectivity index (χ1n) is 20.2. The Bertz CT molecular complexity index is 1190. The van der Waals surface area contributed by atoms with Crippen LogP contribution < -0.4 is 0 Å². The van der Waals surface area contributed by atoms with Gasteiger partial charge in [-0.15, -0.1) is 0 Å². The molecule has 8 saturated carbocycles. The van der Waals surface area contributed by atoms with Crippen molar-refractivity contribution < 1.29 is 28.7 Å². The highest BCUT2D eigenvalue weighted by molar-refractivity contribution is 5.88. The van der Waals surface area contributed by atoms with E-state index in [2.05, 4.69) is 27.7 Å². The molecule has 0 aromatic rings. The summed E-state index contributed by atoms with van der Waals surface area (Å²) in [7, 11) is 0. The molecule has 0 aromatic carbocycles. The quantitative estimate of drug-likeness (QED) is 0.245. The molecular formula is C41H62O6. The van der Waals surface area contributed by atoms with Crippen LogP contribution in [0.25, 0.3) is 0 Å². The first kappa shape index (κ1) is 33.8. The SMILES string of the molecule is CCC1CC(CC)C2C3CC(CC3C(=O)OC3CCCC3=O)C12.CCC1CC(CC)C2C3CC(CC3C(=O)OC3CCCCC3=O)C12. The second-order valence-electron chi connectivity index (χ2n) is 17.4. The van der Waals surface area contributed by atoms with Gasteiger partial charge in [-0.1, -0.05) is 53.4 Å². The van der Waals surface area contributed by atoms with Crippen molar-refractivity contribution >= 4 is 23.5 Å². The minimum Gasteiger partial charge on any atom is -0.454 e. The van der Waals surface area contributed by atoms with Gasteiger partial charge < -0.3 is 9.47 Å². The predicted molar refractivity (Wildman–Crippen MR) is 180 cm³/mol. The lowest BCUT2D eigenvalue weighted by Crippen LogP contribution is -2.38. The highest BCUT2D eigenvalue weighted by Crippen LogP contribution is 2.67. The van der Waals surface area contributed by atoms with E-state index in [1.54, 1.807) is 0 Å². The average Bonchev–Trinajstić information content (AvgIpc) is 3.93. The number of carbonyl (C=O) groups excluding carboxylic acids is 4. The molecule has 0 radical (unpaired) electrons. The zero-order chi connectivity index (χ0) is 33.0. The first-order chi connectivity index (χ1) is 22.8. The lowest BCUT2D eigenvalue weighted by molar-refractivity contribution is -0.163. The van der Waals surface area contributed by atoms with Crippen molar-refractivity contribution in [2.75, 3.05) is 0 Å². The highest BCUT2D eigenvalue weighted by Gasteiger charge is 2.62. The lowest BCUT2D eigenvalue weighted by atomic mass is 9.70. The van der Waals surface area contributed by atoms with Gasteiger partial charge in [0.25, 0.3) is 0 Å². The van der Waals surface area contributed by atoms with Gasteiger partial charge in [-0.05, 0) is 142 Å². The molecule has 262 valence electrons. The van der Waals surface area contributed by atoms with Crippen LogP contribution >= 0.6 is 0 Å². The number of fused-ring (bicyclic) bond motifs is 10. The summed E-state index contributed by atoms with van der Waals surface area (Å²) in [5, 5.41) is 0. The van der Waals surface area contributed by atoms with E-state index in [0.29, 0.717) is 24.7 Å². The van der Waals surface area contributed by atoms with E-state index < -0.39 is 12.2 Å². The minimum absolute atomic E-state index is 0.0454. The van der Waals surface area contributed by atoms with Crippen LogP contribution in [0.15, 0.2) is 0 Å². The molecule has 8 aliphatic rings. The minimum atomic E-state index is -0.435. The number of Topliss-reactive ketones (excluding diaryl/α,β-unsaturated/α-hetero) is 2. The molecule has 16 unspecified atom stereocenters. The van der Waals surface area contributed by atoms with Crippen molar-refractivity contribution in [3.63, 3.8) is 0 Å². The summed E-state index contributed by atoms with van der Waals surface area (Å²) >= 11 is 0. The second kappa shape index (κ2) is 13.9. The average molecular weight is 651 g/mol. The van der Waals surface area contributed by atoms with Gasteiger partial charge in [-0.25, -0.2) is 0 Å². The summed E-state index contributed by atoms with van der Waals surface area (Å²) in [5.41, 5.74) is 0. The molecule has 47 heavy (non-hydrogen) atoms. The molecule has 0 spiro atoms. The Kier molecular flexibility index (Phi) is 9.98. The molecule has 0 aromatic heterocycles. The number of carbonyl (C=O) groups is 4. The monoisotopic (exact) mass is 650 g/mol. The van der Waals surface area contributed by atoms with Gasteiger partial charge in [0.15, 0.2) is 23.8 Å². The highest BCUT2D eigenvalue weighted by atomic mass is 16.6. The van der Waals surface area contributed by atoms with E-state index >= 15 is 0 Å². The second-order valence-corrected chi connectivity index (χ2v) is 17.4. The first-order valence-corrected chi connectivity index (χ1v) is 20.2. The summed E-state index contributed by atoms with van der Waals surface area (Å²) in [6.45, 7) is 9.31. The lowest BCUT2D eigenvalue weighted by Gasteiger charge is -2.35. The van der Waals surface area contributed by atoms with Gasteiger partial charge in [-0.2, -0.15) is 0 Å². The van der Waals surface area contributed by atoms with Crippen LogP contribution in [-0.2, 0) is 28.7 Å². The van der Waals surface area contributed by atoms with Crippen LogP contribution in [0.2, 0.25) is 0 Å². The van der Waals surface area contributed by atoms with Crippen molar-refractivity contribution in [3.8, 4) is 0 Å². The fraction of sp³-hybridized carbons (Fsp3) is 0.902. The fourth-order valence-electron chi connectivity index (χ4n) is 13.8. The molecular weight excluding hydrogens is 588 g/mol. The van der Waals surface area contributed by atoms with E-state index in [9.17, 15) is 19.2 Å². The molecule has 0 saturated heterocycles. The topological polar surface area (TPSA) is 86.7 Å². The Morgan fingerprint density at radius 2 is 0.936 bits per heavy atom. The number of ketones is 2. The third-order valence-corrected chi connectivity index (χ3v) is 15.6. The van der Waals surface area contributed by atoms with Gasteiger partial charge in [0, 0.05) is 12.8 Å². The summed E-state index contributed by atoms with van der Waals surface area (Å²) in [6.07, 6.45) is 17.0. The molecule has 0 amide bonds. The molecule has 4 bridgehead atoms. The number of esters is 2. The molecule has 8 fully saturated rings. The van der Waals surface area contributed by atoms with E-state index in [1.165, 1.54) is 51.4 Å². The molecule has 8 rings (SSSR count). The third-order valence-electron chi connectivity index (χ3n) is 15.6. The zero-order valence-electron chi connectivity index (χ0n) is 29.7. The van der Waals surface area contributed by atoms with Crippen LogP contribution in [0.3, 0.4) is 0 Å². The Hall–Kier alpha value is -1.72. The molecule has 0 heterocycles. The summed E-state index contributed by atoms with van der Waals surface area (Å²) < 4.78 is 11.4. The summed E-state index contributed by atoms with van der Waals surface area (Å²) in [4.78, 5) is 49.3. The van der Waals surface area contributed by atoms with Crippen LogP contribution in [-0.4, -0.2) is 35.7 Å². The van der Waals surface area contributed by atoms with Crippen LogP contribution in [0, 0.1) is 82.9 Å². The van der Waals surface area contributed by atoms with Gasteiger partial charge >= 0.3 is 11.9 Å². The van der Waals surface area contributed by atoms with Crippen molar-refractivity contribution in [2.45, 2.75) is 149 Å². The standard InChI is InChI=1S/C21H32O3.C20H30O3/c1-3-12-9-13(4-2)20-15-10-14(19(12)20)11-16(15)21(23)24-18-8-6-5-7-17(18)22;1-3-11-8-12(4-2)19-14-9-13(18(11)19)10-15(14)20(22)23-17-7-5-6-16(17)21/h12-16,18-20H,3-11H2,1-2H3;11-15,17-19H,3-10H2,1-2H3. The Labute approximate surface area is 283 Å². The van der Waals surface area contributed by atoms with Crippen molar-refractivity contribution in [1.82, 2.24) is 0 Å². The van der Waals surface area contributed by atoms with Gasteiger partial charge in [-0.3, -0.25) is 19.2 Å². The number of hydrogen-bond acceptors (Lipinski definition) is 6. The molecule has 6 nitrogen and oxygen atoms in total. The van der Waals surface area contributed by atoms with Crippen molar-refractivity contribution in [1.29, 1.82) is 0 Å². The molecule has 0 N–H and O–H groups in total. The van der Waals surface area contributed by atoms with Crippen LogP contribution in [0.1, 0.15) is 137 Å². The maximum absolute atomic E-state index is 12.8. The molecule has 6 heteroatoms. The molecule has 16 atom stereocenters. The molecule has 0 aliphatic heterocycles. The summed E-state index contributed by atoms with van der Waals surface area (Å²) in [6, 6.07) is 0. The smallest absolute Gasteiger partial charge is 0.309 e. The van der Waals surface area contributed by atoms with Crippen LogP contribution in [0.4, 0.5) is 0 Å². The van der Waals surface area contributed by atoms with Crippen LogP contribution in [0.5, 0.6) is 0 Å². The largest absolute Gasteiger partial charge is 0.454 e. The van der Waals surface area contributed by atoms with Crippen molar-refractivity contribution in [3.05, 3.63) is 0 Å². The van der Waals surface area contributed by atoms with E-state index in [4.69, 9.17) is 9.47 Å². The fourth-order valence-corrected chi connectivity index (χ4v) is 13.8. The predicted octanol–water partition coefficient (Wildman–Crippen LogP) is 8.38. The van der Waals surface area contributed by atoms with Crippen molar-refractivity contribution in [2.24, 2.45) is 82.9 Å². The Balaban J connectivity index is 0.000000150. The number of hydrogen-bond donors (Lipinski definition) is 0. The normalized spacial score (nSPS) is 47.5. The number of rotatable bonds is 8. The third kappa shape index (κ3) is 5.96. The van der Waals surface area contributed by atoms with Gasteiger partial charge in [0.1, 0.15) is 0 Å². The Morgan fingerprint density at radius 1 is 0.532 bits per heavy atom. The maximum Gasteiger partial charge on any atom is 0.309 e. The van der Waals surface area contributed by atoms with E-state index in [0.717, 1.165) is 104 Å². The Morgan fingerprint density at radius 3 is 1.34 bits per heavy atom. The molecule has 8 aliphatic carbocycles. The summed E-state index contributed by atoms with van der Waals surface area (Å²) in [5.74, 6) is 9.51.